The van der Waals surface area contributed by atoms with Crippen molar-refractivity contribution in [1.82, 2.24) is 0 Å². The van der Waals surface area contributed by atoms with Gasteiger partial charge in [-0.1, -0.05) is 15.9 Å². The van der Waals surface area contributed by atoms with E-state index in [1.807, 2.05) is 0 Å². The number of halogens is 2. The van der Waals surface area contributed by atoms with Crippen molar-refractivity contribution >= 4 is 28.0 Å². The van der Waals surface area contributed by atoms with Gasteiger partial charge in [0.2, 0.25) is 0 Å². The Morgan fingerprint density at radius 1 is 1.56 bits per heavy atom. The Kier molecular flexibility index (Phi) is 5.05. The lowest BCUT2D eigenvalue weighted by molar-refractivity contribution is -0.142. The Morgan fingerprint density at radius 2 is 2.22 bits per heavy atom. The lowest BCUT2D eigenvalue weighted by atomic mass is 10.1. The molecule has 0 bridgehead atoms. The molecule has 0 aliphatic carbocycles. The second kappa shape index (κ2) is 6.31. The van der Waals surface area contributed by atoms with Gasteiger partial charge in [-0.15, -0.1) is 0 Å². The van der Waals surface area contributed by atoms with Crippen LogP contribution in [-0.2, 0) is 9.53 Å². The molecule has 5 heteroatoms. The molecule has 0 saturated carbocycles. The summed E-state index contributed by atoms with van der Waals surface area (Å²) in [5.41, 5.74) is -0.0812. The molecule has 0 radical (unpaired) electrons. The van der Waals surface area contributed by atoms with Crippen molar-refractivity contribution in [2.24, 2.45) is 0 Å². The van der Waals surface area contributed by atoms with Crippen LogP contribution < -0.4 is 0 Å². The summed E-state index contributed by atoms with van der Waals surface area (Å²) in [6.07, 6.45) is 0.840. The number of nitriles is 1. The average molecular weight is 312 g/mol. The number of esters is 1. The summed E-state index contributed by atoms with van der Waals surface area (Å²) in [4.78, 5) is 11.5. The minimum atomic E-state index is -0.758. The van der Waals surface area contributed by atoms with Crippen molar-refractivity contribution in [2.75, 3.05) is 0 Å². The summed E-state index contributed by atoms with van der Waals surface area (Å²) in [6, 6.07) is 5.97. The molecular formula is C13H11BrFNO2. The van der Waals surface area contributed by atoms with E-state index in [-0.39, 0.29) is 17.2 Å². The molecule has 0 amide bonds. The molecule has 1 rings (SSSR count). The van der Waals surface area contributed by atoms with Gasteiger partial charge in [0.05, 0.1) is 6.10 Å². The quantitative estimate of drug-likeness (QED) is 0.488. The van der Waals surface area contributed by atoms with Crippen molar-refractivity contribution in [3.8, 4) is 6.07 Å². The van der Waals surface area contributed by atoms with E-state index < -0.39 is 11.8 Å². The van der Waals surface area contributed by atoms with Crippen LogP contribution in [-0.4, -0.2) is 12.1 Å². The van der Waals surface area contributed by atoms with E-state index in [0.717, 1.165) is 0 Å². The van der Waals surface area contributed by atoms with Crippen LogP contribution in [0, 0.1) is 17.1 Å². The molecule has 18 heavy (non-hydrogen) atoms. The highest BCUT2D eigenvalue weighted by molar-refractivity contribution is 9.10. The zero-order valence-electron chi connectivity index (χ0n) is 9.91. The van der Waals surface area contributed by atoms with E-state index in [4.69, 9.17) is 10.00 Å². The van der Waals surface area contributed by atoms with Crippen LogP contribution in [0.1, 0.15) is 19.4 Å². The number of carbonyl (C=O) groups is 1. The highest BCUT2D eigenvalue weighted by atomic mass is 79.9. The van der Waals surface area contributed by atoms with Crippen LogP contribution in [0.25, 0.3) is 6.08 Å². The smallest absolute Gasteiger partial charge is 0.349 e. The molecule has 0 N–H and O–H groups in total. The number of benzene rings is 1. The Hall–Kier alpha value is -1.67. The average Bonchev–Trinajstić information content (AvgIpc) is 2.29. The first kappa shape index (κ1) is 14.4. The van der Waals surface area contributed by atoms with Crippen LogP contribution >= 0.6 is 15.9 Å². The molecule has 3 nitrogen and oxygen atoms in total. The monoisotopic (exact) mass is 311 g/mol. The largest absolute Gasteiger partial charge is 0.459 e. The van der Waals surface area contributed by atoms with Crippen molar-refractivity contribution < 1.29 is 13.9 Å². The highest BCUT2D eigenvalue weighted by Gasteiger charge is 2.13. The van der Waals surface area contributed by atoms with Crippen molar-refractivity contribution in [1.29, 1.82) is 5.26 Å². The van der Waals surface area contributed by atoms with Crippen LogP contribution in [0.4, 0.5) is 4.39 Å². The fraction of sp³-hybridized carbons (Fsp3) is 0.231. The van der Waals surface area contributed by atoms with Gasteiger partial charge < -0.3 is 4.74 Å². The zero-order chi connectivity index (χ0) is 13.7. The molecule has 0 heterocycles. The van der Waals surface area contributed by atoms with Crippen LogP contribution in [0.15, 0.2) is 28.2 Å². The topological polar surface area (TPSA) is 50.1 Å². The van der Waals surface area contributed by atoms with E-state index in [1.54, 1.807) is 19.9 Å². The summed E-state index contributed by atoms with van der Waals surface area (Å²) < 4.78 is 19.0. The van der Waals surface area contributed by atoms with Gasteiger partial charge in [-0.05, 0) is 38.1 Å². The van der Waals surface area contributed by atoms with E-state index >= 15 is 0 Å². The van der Waals surface area contributed by atoms with E-state index in [0.29, 0.717) is 4.47 Å². The lowest BCUT2D eigenvalue weighted by Crippen LogP contribution is -2.12. The van der Waals surface area contributed by atoms with Gasteiger partial charge in [-0.25, -0.2) is 9.18 Å². The van der Waals surface area contributed by atoms with Crippen LogP contribution in [0.3, 0.4) is 0 Å². The second-order valence-corrected chi connectivity index (χ2v) is 4.71. The van der Waals surface area contributed by atoms with Gasteiger partial charge in [0, 0.05) is 10.0 Å². The summed E-state index contributed by atoms with van der Waals surface area (Å²) >= 11 is 3.19. The third kappa shape index (κ3) is 3.97. The first-order valence-corrected chi connectivity index (χ1v) is 6.01. The molecule has 0 unspecified atom stereocenters. The Bertz CT molecular complexity index is 532. The maximum Gasteiger partial charge on any atom is 0.349 e. The maximum absolute atomic E-state index is 13.5. The van der Waals surface area contributed by atoms with Gasteiger partial charge in [-0.3, -0.25) is 0 Å². The first-order valence-electron chi connectivity index (χ1n) is 5.22. The van der Waals surface area contributed by atoms with Gasteiger partial charge in [0.25, 0.3) is 0 Å². The SMILES string of the molecule is CC(C)OC(=O)C(C#N)=Cc1cc(Br)ccc1F. The number of hydrogen-bond donors (Lipinski definition) is 0. The molecule has 0 atom stereocenters. The first-order chi connectivity index (χ1) is 8.43. The van der Waals surface area contributed by atoms with E-state index in [9.17, 15) is 9.18 Å². The van der Waals surface area contributed by atoms with Crippen LogP contribution in [0.5, 0.6) is 0 Å². The predicted molar refractivity (Wildman–Crippen MR) is 68.9 cm³/mol. The highest BCUT2D eigenvalue weighted by Crippen LogP contribution is 2.18. The van der Waals surface area contributed by atoms with Gasteiger partial charge in [-0.2, -0.15) is 5.26 Å². The lowest BCUT2D eigenvalue weighted by Gasteiger charge is -2.06. The molecule has 1 aromatic rings. The predicted octanol–water partition coefficient (Wildman–Crippen LogP) is 3.45. The Balaban J connectivity index is 3.08. The number of hydrogen-bond acceptors (Lipinski definition) is 3. The standard InChI is InChI=1S/C13H11BrFNO2/c1-8(2)18-13(17)10(7-16)5-9-6-11(14)3-4-12(9)15/h3-6,8H,1-2H3. The third-order valence-electron chi connectivity index (χ3n) is 1.94. The number of nitrogens with zero attached hydrogens (tertiary/aromatic N) is 1. The summed E-state index contributed by atoms with van der Waals surface area (Å²) in [7, 11) is 0. The summed E-state index contributed by atoms with van der Waals surface area (Å²) in [5.74, 6) is -1.27. The molecule has 0 aliphatic rings. The normalized spacial score (nSPS) is 11.2. The van der Waals surface area contributed by atoms with E-state index in [2.05, 4.69) is 15.9 Å². The number of carbonyl (C=O) groups excluding carboxylic acids is 1. The molecule has 0 aliphatic heterocycles. The molecule has 1 aromatic carbocycles. The Morgan fingerprint density at radius 3 is 2.78 bits per heavy atom. The van der Waals surface area contributed by atoms with Gasteiger partial charge >= 0.3 is 5.97 Å². The van der Waals surface area contributed by atoms with Gasteiger partial charge in [0.15, 0.2) is 0 Å². The second-order valence-electron chi connectivity index (χ2n) is 3.79. The molecule has 0 aromatic heterocycles. The fourth-order valence-corrected chi connectivity index (χ4v) is 1.57. The van der Waals surface area contributed by atoms with E-state index in [1.165, 1.54) is 24.3 Å². The molecular weight excluding hydrogens is 301 g/mol. The summed E-state index contributed by atoms with van der Waals surface area (Å²) in [5, 5.41) is 8.88. The Labute approximate surface area is 113 Å². The minimum Gasteiger partial charge on any atom is -0.459 e. The number of rotatable bonds is 3. The zero-order valence-corrected chi connectivity index (χ0v) is 11.5. The molecule has 0 saturated heterocycles. The maximum atomic E-state index is 13.5. The van der Waals surface area contributed by atoms with Crippen molar-refractivity contribution in [2.45, 2.75) is 20.0 Å². The molecule has 94 valence electrons. The van der Waals surface area contributed by atoms with Crippen molar-refractivity contribution in [3.63, 3.8) is 0 Å². The molecule has 0 spiro atoms. The number of ether oxygens (including phenoxy) is 1. The van der Waals surface area contributed by atoms with Gasteiger partial charge in [0.1, 0.15) is 17.5 Å². The third-order valence-corrected chi connectivity index (χ3v) is 2.43. The fourth-order valence-electron chi connectivity index (χ4n) is 1.20. The van der Waals surface area contributed by atoms with Crippen LogP contribution in [0.2, 0.25) is 0 Å². The molecule has 0 fully saturated rings. The minimum absolute atomic E-state index is 0.154. The summed E-state index contributed by atoms with van der Waals surface area (Å²) in [6.45, 7) is 3.35. The van der Waals surface area contributed by atoms with Crippen molar-refractivity contribution in [3.05, 3.63) is 39.6 Å².